The highest BCUT2D eigenvalue weighted by molar-refractivity contribution is 5.73. The molecule has 0 amide bonds. The van der Waals surface area contributed by atoms with Crippen LogP contribution in [0.25, 0.3) is 0 Å². The highest BCUT2D eigenvalue weighted by Gasteiger charge is 2.27. The van der Waals surface area contributed by atoms with Gasteiger partial charge < -0.3 is 10.4 Å². The van der Waals surface area contributed by atoms with E-state index in [-0.39, 0.29) is 5.92 Å². The molecule has 1 saturated heterocycles. The second-order valence-corrected chi connectivity index (χ2v) is 2.40. The minimum Gasteiger partial charge on any atom is -0.480 e. The van der Waals surface area contributed by atoms with Gasteiger partial charge in [0, 0.05) is 12.5 Å². The minimum absolute atomic E-state index is 0.0982. The van der Waals surface area contributed by atoms with Crippen LogP contribution in [0.2, 0.25) is 0 Å². The summed E-state index contributed by atoms with van der Waals surface area (Å²) in [6.07, 6.45) is 5.67. The number of nitrogens with one attached hydrogen (secondary N) is 1. The van der Waals surface area contributed by atoms with Gasteiger partial charge in [-0.15, -0.1) is 12.3 Å². The van der Waals surface area contributed by atoms with Crippen LogP contribution in [0.1, 0.15) is 6.42 Å². The molecule has 10 heavy (non-hydrogen) atoms. The smallest absolute Gasteiger partial charge is 0.320 e. The zero-order valence-corrected chi connectivity index (χ0v) is 5.50. The van der Waals surface area contributed by atoms with Crippen molar-refractivity contribution in [3.63, 3.8) is 0 Å². The lowest BCUT2D eigenvalue weighted by Gasteiger charge is -1.99. The highest BCUT2D eigenvalue weighted by atomic mass is 16.4. The van der Waals surface area contributed by atoms with Crippen LogP contribution in [-0.2, 0) is 4.79 Å². The van der Waals surface area contributed by atoms with Gasteiger partial charge in [-0.3, -0.25) is 4.79 Å². The van der Waals surface area contributed by atoms with Crippen molar-refractivity contribution >= 4 is 5.97 Å². The fourth-order valence-electron chi connectivity index (χ4n) is 1.05. The zero-order valence-electron chi connectivity index (χ0n) is 5.50. The van der Waals surface area contributed by atoms with Crippen molar-refractivity contribution in [2.75, 3.05) is 6.54 Å². The van der Waals surface area contributed by atoms with Crippen LogP contribution in [0.3, 0.4) is 0 Å². The number of rotatable bonds is 1. The summed E-state index contributed by atoms with van der Waals surface area (Å²) >= 11 is 0. The molecule has 2 N–H and O–H groups in total. The van der Waals surface area contributed by atoms with Crippen LogP contribution >= 0.6 is 0 Å². The van der Waals surface area contributed by atoms with Crippen LogP contribution in [-0.4, -0.2) is 23.7 Å². The fraction of sp³-hybridized carbons (Fsp3) is 0.571. The van der Waals surface area contributed by atoms with E-state index in [1.54, 1.807) is 0 Å². The van der Waals surface area contributed by atoms with Crippen molar-refractivity contribution in [3.8, 4) is 12.3 Å². The SMILES string of the molecule is C#CC1CN[C@H](C(=O)O)C1. The Morgan fingerprint density at radius 2 is 2.50 bits per heavy atom. The molecule has 1 aliphatic heterocycles. The first-order valence-corrected chi connectivity index (χ1v) is 3.16. The summed E-state index contributed by atoms with van der Waals surface area (Å²) in [6, 6.07) is -0.430. The second kappa shape index (κ2) is 2.72. The summed E-state index contributed by atoms with van der Waals surface area (Å²) in [5.41, 5.74) is 0. The lowest BCUT2D eigenvalue weighted by atomic mass is 10.1. The molecular formula is C7H9NO2. The maximum Gasteiger partial charge on any atom is 0.320 e. The first-order chi connectivity index (χ1) is 4.74. The van der Waals surface area contributed by atoms with E-state index in [1.807, 2.05) is 0 Å². The molecule has 0 aromatic carbocycles. The Bertz CT molecular complexity index is 183. The molecule has 1 rings (SSSR count). The molecule has 3 nitrogen and oxygen atoms in total. The van der Waals surface area contributed by atoms with Crippen molar-refractivity contribution < 1.29 is 9.90 Å². The van der Waals surface area contributed by atoms with Gasteiger partial charge in [-0.05, 0) is 6.42 Å². The third kappa shape index (κ3) is 1.28. The van der Waals surface area contributed by atoms with Crippen LogP contribution in [0.4, 0.5) is 0 Å². The largest absolute Gasteiger partial charge is 0.480 e. The Hall–Kier alpha value is -1.01. The van der Waals surface area contributed by atoms with Crippen LogP contribution in [0.15, 0.2) is 0 Å². The van der Waals surface area contributed by atoms with E-state index in [9.17, 15) is 4.79 Å². The Kier molecular flexibility index (Phi) is 1.93. The summed E-state index contributed by atoms with van der Waals surface area (Å²) in [4.78, 5) is 10.3. The van der Waals surface area contributed by atoms with E-state index in [4.69, 9.17) is 11.5 Å². The average molecular weight is 139 g/mol. The Morgan fingerprint density at radius 1 is 1.80 bits per heavy atom. The second-order valence-electron chi connectivity index (χ2n) is 2.40. The summed E-state index contributed by atoms with van der Waals surface area (Å²) in [7, 11) is 0. The molecule has 0 aromatic rings. The Labute approximate surface area is 59.4 Å². The third-order valence-electron chi connectivity index (χ3n) is 1.66. The van der Waals surface area contributed by atoms with Crippen LogP contribution < -0.4 is 5.32 Å². The lowest BCUT2D eigenvalue weighted by molar-refractivity contribution is -0.139. The van der Waals surface area contributed by atoms with Gasteiger partial charge >= 0.3 is 5.97 Å². The van der Waals surface area contributed by atoms with Crippen molar-refractivity contribution in [2.45, 2.75) is 12.5 Å². The average Bonchev–Trinajstić information content (AvgIpc) is 2.34. The summed E-state index contributed by atoms with van der Waals surface area (Å²) in [5, 5.41) is 11.3. The number of carboxylic acid groups (broad SMARTS) is 1. The summed E-state index contributed by atoms with van der Waals surface area (Å²) in [5.74, 6) is 1.81. The standard InChI is InChI=1S/C7H9NO2/c1-2-5-3-6(7(9)10)8-4-5/h1,5-6,8H,3-4H2,(H,9,10)/t5?,6-/m0/s1. The minimum atomic E-state index is -0.808. The van der Waals surface area contributed by atoms with E-state index >= 15 is 0 Å². The number of carbonyl (C=O) groups is 1. The number of hydrogen-bond donors (Lipinski definition) is 2. The van der Waals surface area contributed by atoms with E-state index in [1.165, 1.54) is 0 Å². The van der Waals surface area contributed by atoms with Gasteiger partial charge in [0.15, 0.2) is 0 Å². The fourth-order valence-corrected chi connectivity index (χ4v) is 1.05. The lowest BCUT2D eigenvalue weighted by Crippen LogP contribution is -2.29. The van der Waals surface area contributed by atoms with Crippen molar-refractivity contribution in [1.29, 1.82) is 0 Å². The monoisotopic (exact) mass is 139 g/mol. The molecule has 1 unspecified atom stereocenters. The van der Waals surface area contributed by atoms with Gasteiger partial charge in [0.1, 0.15) is 6.04 Å². The van der Waals surface area contributed by atoms with Crippen LogP contribution in [0.5, 0.6) is 0 Å². The van der Waals surface area contributed by atoms with E-state index in [0.29, 0.717) is 13.0 Å². The maximum absolute atomic E-state index is 10.3. The molecule has 54 valence electrons. The molecule has 0 saturated carbocycles. The van der Waals surface area contributed by atoms with Gasteiger partial charge in [-0.25, -0.2) is 0 Å². The molecule has 0 aromatic heterocycles. The molecule has 0 bridgehead atoms. The van der Waals surface area contributed by atoms with E-state index < -0.39 is 12.0 Å². The first kappa shape index (κ1) is 7.10. The van der Waals surface area contributed by atoms with Crippen molar-refractivity contribution in [3.05, 3.63) is 0 Å². The molecule has 0 spiro atoms. The highest BCUT2D eigenvalue weighted by Crippen LogP contribution is 2.12. The molecule has 0 radical (unpaired) electrons. The van der Waals surface area contributed by atoms with Crippen LogP contribution in [0, 0.1) is 18.3 Å². The van der Waals surface area contributed by atoms with Gasteiger partial charge in [-0.1, -0.05) is 0 Å². The van der Waals surface area contributed by atoms with Gasteiger partial charge in [0.25, 0.3) is 0 Å². The van der Waals surface area contributed by atoms with Crippen molar-refractivity contribution in [1.82, 2.24) is 5.32 Å². The molecule has 0 aliphatic carbocycles. The molecular weight excluding hydrogens is 130 g/mol. The quantitative estimate of drug-likeness (QED) is 0.489. The summed E-state index contributed by atoms with van der Waals surface area (Å²) in [6.45, 7) is 0.632. The predicted octanol–water partition coefficient (Wildman–Crippen LogP) is -0.318. The van der Waals surface area contributed by atoms with Gasteiger partial charge in [0.2, 0.25) is 0 Å². The predicted molar refractivity (Wildman–Crippen MR) is 36.4 cm³/mol. The maximum atomic E-state index is 10.3. The number of aliphatic carboxylic acids is 1. The molecule has 1 heterocycles. The van der Waals surface area contributed by atoms with Gasteiger partial charge in [0.05, 0.1) is 0 Å². The van der Waals surface area contributed by atoms with Gasteiger partial charge in [-0.2, -0.15) is 0 Å². The third-order valence-corrected chi connectivity index (χ3v) is 1.66. The zero-order chi connectivity index (χ0) is 7.56. The number of carboxylic acids is 1. The molecule has 1 aliphatic rings. The molecule has 3 heteroatoms. The Morgan fingerprint density at radius 3 is 2.80 bits per heavy atom. The first-order valence-electron chi connectivity index (χ1n) is 3.16. The topological polar surface area (TPSA) is 49.3 Å². The Balaban J connectivity index is 2.45. The van der Waals surface area contributed by atoms with E-state index in [2.05, 4.69) is 11.2 Å². The number of terminal acetylenes is 1. The molecule has 2 atom stereocenters. The van der Waals surface area contributed by atoms with Crippen molar-refractivity contribution in [2.24, 2.45) is 5.92 Å². The molecule has 1 fully saturated rings. The normalized spacial score (nSPS) is 31.5. The summed E-state index contributed by atoms with van der Waals surface area (Å²) < 4.78 is 0. The number of hydrogen-bond acceptors (Lipinski definition) is 2. The van der Waals surface area contributed by atoms with E-state index in [0.717, 1.165) is 0 Å².